The van der Waals surface area contributed by atoms with Crippen molar-refractivity contribution in [3.63, 3.8) is 0 Å². The molecule has 0 spiro atoms. The highest BCUT2D eigenvalue weighted by Crippen LogP contribution is 2.11. The zero-order valence-corrected chi connectivity index (χ0v) is 10.7. The maximum absolute atomic E-state index is 10.7. The SMILES string of the molecule is CNc1ncc(C)c(NCCCS(N)(=O)=O)n1. The molecule has 0 aliphatic heterocycles. The van der Waals surface area contributed by atoms with Gasteiger partial charge in [-0.25, -0.2) is 18.5 Å². The van der Waals surface area contributed by atoms with Crippen molar-refractivity contribution in [2.24, 2.45) is 5.14 Å². The number of rotatable bonds is 6. The molecule has 0 bridgehead atoms. The van der Waals surface area contributed by atoms with E-state index in [4.69, 9.17) is 5.14 Å². The molecule has 1 heterocycles. The molecule has 0 atom stereocenters. The lowest BCUT2D eigenvalue weighted by atomic mass is 10.3. The van der Waals surface area contributed by atoms with Crippen molar-refractivity contribution in [1.29, 1.82) is 0 Å². The lowest BCUT2D eigenvalue weighted by molar-refractivity contribution is 0.595. The summed E-state index contributed by atoms with van der Waals surface area (Å²) in [6.07, 6.45) is 2.14. The van der Waals surface area contributed by atoms with Gasteiger partial charge in [0.2, 0.25) is 16.0 Å². The molecule has 1 rings (SSSR count). The molecular formula is C9H17N5O2S. The first-order valence-corrected chi connectivity index (χ1v) is 6.89. The fraction of sp³-hybridized carbons (Fsp3) is 0.556. The molecule has 4 N–H and O–H groups in total. The van der Waals surface area contributed by atoms with Gasteiger partial charge in [0, 0.05) is 25.4 Å². The van der Waals surface area contributed by atoms with Gasteiger partial charge in [0.15, 0.2) is 0 Å². The van der Waals surface area contributed by atoms with Gasteiger partial charge in [-0.1, -0.05) is 0 Å². The lowest BCUT2D eigenvalue weighted by Crippen LogP contribution is -2.19. The second-order valence-corrected chi connectivity index (χ2v) is 5.36. The van der Waals surface area contributed by atoms with E-state index < -0.39 is 10.0 Å². The van der Waals surface area contributed by atoms with Crippen LogP contribution >= 0.6 is 0 Å². The fourth-order valence-corrected chi connectivity index (χ4v) is 1.77. The summed E-state index contributed by atoms with van der Waals surface area (Å²) in [4.78, 5) is 8.26. The number of hydrogen-bond acceptors (Lipinski definition) is 6. The Balaban J connectivity index is 2.51. The summed E-state index contributed by atoms with van der Waals surface area (Å²) in [6.45, 7) is 2.37. The topological polar surface area (TPSA) is 110 Å². The molecule has 0 unspecified atom stereocenters. The van der Waals surface area contributed by atoms with Crippen molar-refractivity contribution in [1.82, 2.24) is 9.97 Å². The van der Waals surface area contributed by atoms with E-state index in [1.54, 1.807) is 13.2 Å². The first-order chi connectivity index (χ1) is 7.92. The van der Waals surface area contributed by atoms with E-state index in [0.717, 1.165) is 5.56 Å². The number of aryl methyl sites for hydroxylation is 1. The normalized spacial score (nSPS) is 11.2. The second-order valence-electron chi connectivity index (χ2n) is 3.62. The highest BCUT2D eigenvalue weighted by molar-refractivity contribution is 7.89. The maximum Gasteiger partial charge on any atom is 0.224 e. The van der Waals surface area contributed by atoms with Crippen molar-refractivity contribution in [3.8, 4) is 0 Å². The number of hydrogen-bond donors (Lipinski definition) is 3. The van der Waals surface area contributed by atoms with Crippen molar-refractivity contribution in [3.05, 3.63) is 11.8 Å². The third-order valence-corrected chi connectivity index (χ3v) is 2.95. The van der Waals surface area contributed by atoms with Gasteiger partial charge in [0.25, 0.3) is 0 Å². The minimum absolute atomic E-state index is 0.0387. The Hall–Kier alpha value is -1.41. The van der Waals surface area contributed by atoms with E-state index in [-0.39, 0.29) is 5.75 Å². The minimum Gasteiger partial charge on any atom is -0.370 e. The van der Waals surface area contributed by atoms with Crippen LogP contribution in [0.1, 0.15) is 12.0 Å². The second kappa shape index (κ2) is 5.78. The number of anilines is 2. The van der Waals surface area contributed by atoms with Crippen LogP contribution in [0.25, 0.3) is 0 Å². The third-order valence-electron chi connectivity index (χ3n) is 2.09. The van der Waals surface area contributed by atoms with Crippen LogP contribution in [0.2, 0.25) is 0 Å². The molecule has 7 nitrogen and oxygen atoms in total. The molecule has 0 aromatic carbocycles. The van der Waals surface area contributed by atoms with E-state index >= 15 is 0 Å². The van der Waals surface area contributed by atoms with Crippen molar-refractivity contribution in [2.45, 2.75) is 13.3 Å². The van der Waals surface area contributed by atoms with Crippen LogP contribution in [-0.4, -0.2) is 37.7 Å². The van der Waals surface area contributed by atoms with Gasteiger partial charge in [-0.05, 0) is 13.3 Å². The summed E-state index contributed by atoms with van der Waals surface area (Å²) in [5.41, 5.74) is 0.902. The average Bonchev–Trinajstić information content (AvgIpc) is 2.25. The Kier molecular flexibility index (Phi) is 4.64. The monoisotopic (exact) mass is 259 g/mol. The van der Waals surface area contributed by atoms with E-state index in [1.807, 2.05) is 6.92 Å². The highest BCUT2D eigenvalue weighted by atomic mass is 32.2. The zero-order chi connectivity index (χ0) is 12.9. The molecule has 0 aliphatic carbocycles. The molecule has 1 aromatic heterocycles. The Morgan fingerprint density at radius 3 is 2.76 bits per heavy atom. The minimum atomic E-state index is -3.39. The third kappa shape index (κ3) is 4.96. The summed E-state index contributed by atoms with van der Waals surface area (Å²) in [6, 6.07) is 0. The molecule has 0 amide bonds. The Morgan fingerprint density at radius 2 is 2.18 bits per heavy atom. The van der Waals surface area contributed by atoms with Crippen LogP contribution in [0.4, 0.5) is 11.8 Å². The summed E-state index contributed by atoms with van der Waals surface area (Å²) in [7, 11) is -1.66. The van der Waals surface area contributed by atoms with Gasteiger partial charge in [0.1, 0.15) is 5.82 Å². The predicted octanol–water partition coefficient (Wildman–Crippen LogP) is -0.0828. The van der Waals surface area contributed by atoms with E-state index in [1.165, 1.54) is 0 Å². The number of aromatic nitrogens is 2. The Labute approximate surface area is 101 Å². The van der Waals surface area contributed by atoms with Crippen LogP contribution in [0, 0.1) is 6.92 Å². The molecule has 0 saturated heterocycles. The smallest absolute Gasteiger partial charge is 0.224 e. The Morgan fingerprint density at radius 1 is 1.47 bits per heavy atom. The number of nitrogens with zero attached hydrogens (tertiary/aromatic N) is 2. The van der Waals surface area contributed by atoms with Crippen LogP contribution < -0.4 is 15.8 Å². The zero-order valence-electron chi connectivity index (χ0n) is 9.90. The average molecular weight is 259 g/mol. The van der Waals surface area contributed by atoms with E-state index in [2.05, 4.69) is 20.6 Å². The van der Waals surface area contributed by atoms with Gasteiger partial charge in [-0.15, -0.1) is 0 Å². The summed E-state index contributed by atoms with van der Waals surface area (Å²) in [5.74, 6) is 1.17. The van der Waals surface area contributed by atoms with Gasteiger partial charge in [0.05, 0.1) is 5.75 Å². The summed E-state index contributed by atoms with van der Waals surface area (Å²) in [5, 5.41) is 10.8. The van der Waals surface area contributed by atoms with Crippen molar-refractivity contribution < 1.29 is 8.42 Å². The van der Waals surface area contributed by atoms with Crippen molar-refractivity contribution >= 4 is 21.8 Å². The first-order valence-electron chi connectivity index (χ1n) is 5.18. The summed E-state index contributed by atoms with van der Waals surface area (Å²) >= 11 is 0. The number of nitrogens with two attached hydrogens (primary N) is 1. The van der Waals surface area contributed by atoms with Crippen LogP contribution in [0.5, 0.6) is 0 Å². The highest BCUT2D eigenvalue weighted by Gasteiger charge is 2.04. The molecule has 17 heavy (non-hydrogen) atoms. The van der Waals surface area contributed by atoms with Gasteiger partial charge >= 0.3 is 0 Å². The van der Waals surface area contributed by atoms with E-state index in [9.17, 15) is 8.42 Å². The Bertz CT molecular complexity index is 474. The first kappa shape index (κ1) is 13.7. The lowest BCUT2D eigenvalue weighted by Gasteiger charge is -2.09. The molecule has 0 aliphatic rings. The molecule has 96 valence electrons. The molecular weight excluding hydrogens is 242 g/mol. The predicted molar refractivity (Wildman–Crippen MR) is 67.4 cm³/mol. The number of primary sulfonamides is 1. The summed E-state index contributed by atoms with van der Waals surface area (Å²) < 4.78 is 21.4. The number of nitrogens with one attached hydrogen (secondary N) is 2. The van der Waals surface area contributed by atoms with Crippen molar-refractivity contribution in [2.75, 3.05) is 30.0 Å². The van der Waals surface area contributed by atoms with Crippen LogP contribution in [-0.2, 0) is 10.0 Å². The molecule has 0 radical (unpaired) electrons. The molecule has 0 fully saturated rings. The van der Waals surface area contributed by atoms with Crippen LogP contribution in [0.15, 0.2) is 6.20 Å². The van der Waals surface area contributed by atoms with Gasteiger partial charge in [-0.2, -0.15) is 4.98 Å². The quantitative estimate of drug-likeness (QED) is 0.616. The molecule has 0 saturated carbocycles. The largest absolute Gasteiger partial charge is 0.370 e. The van der Waals surface area contributed by atoms with Gasteiger partial charge < -0.3 is 10.6 Å². The maximum atomic E-state index is 10.7. The van der Waals surface area contributed by atoms with E-state index in [0.29, 0.717) is 24.7 Å². The van der Waals surface area contributed by atoms with Crippen LogP contribution in [0.3, 0.4) is 0 Å². The molecule has 1 aromatic rings. The fourth-order valence-electron chi connectivity index (χ4n) is 1.22. The number of sulfonamides is 1. The standard InChI is InChI=1S/C9H17N5O2S/c1-7-6-13-9(11-2)14-8(7)12-4-3-5-17(10,15)16/h6H,3-5H2,1-2H3,(H2,10,15,16)(H2,11,12,13,14). The van der Waals surface area contributed by atoms with Gasteiger partial charge in [-0.3, -0.25) is 0 Å². The molecule has 8 heteroatoms.